The van der Waals surface area contributed by atoms with E-state index in [1.165, 1.54) is 45.2 Å². The molecule has 0 spiro atoms. The second kappa shape index (κ2) is 4.97. The Morgan fingerprint density at radius 1 is 1.27 bits per heavy atom. The van der Waals surface area contributed by atoms with Crippen molar-refractivity contribution in [2.45, 2.75) is 45.1 Å². The van der Waals surface area contributed by atoms with Gasteiger partial charge in [-0.05, 0) is 44.7 Å². The molecule has 0 radical (unpaired) electrons. The highest BCUT2D eigenvalue weighted by Gasteiger charge is 2.32. The summed E-state index contributed by atoms with van der Waals surface area (Å²) >= 11 is 0. The Bertz CT molecular complexity index is 228. The number of rotatable bonds is 2. The standard InChI is InChI=1S/C12H22N2O/c1-10(15)13-9-11-5-4-8-14-7-3-2-6-12(11)14/h11-12H,2-9H2,1H3,(H,13,15)/t11-,12+/m1/s1. The van der Waals surface area contributed by atoms with Crippen LogP contribution in [0.25, 0.3) is 0 Å². The van der Waals surface area contributed by atoms with Crippen LogP contribution in [0, 0.1) is 5.92 Å². The molecule has 3 heteroatoms. The van der Waals surface area contributed by atoms with E-state index in [2.05, 4.69) is 10.2 Å². The summed E-state index contributed by atoms with van der Waals surface area (Å²) < 4.78 is 0. The largest absolute Gasteiger partial charge is 0.356 e. The van der Waals surface area contributed by atoms with Crippen molar-refractivity contribution in [1.82, 2.24) is 10.2 Å². The second-order valence-electron chi connectivity index (χ2n) is 4.94. The van der Waals surface area contributed by atoms with E-state index in [9.17, 15) is 4.79 Å². The van der Waals surface area contributed by atoms with Gasteiger partial charge in [0, 0.05) is 19.5 Å². The average Bonchev–Trinajstić information content (AvgIpc) is 2.26. The molecule has 2 rings (SSSR count). The van der Waals surface area contributed by atoms with Crippen molar-refractivity contribution < 1.29 is 4.79 Å². The van der Waals surface area contributed by atoms with Crippen LogP contribution in [0.4, 0.5) is 0 Å². The minimum absolute atomic E-state index is 0.114. The Kier molecular flexibility index (Phi) is 3.62. The lowest BCUT2D eigenvalue weighted by molar-refractivity contribution is -0.119. The Morgan fingerprint density at radius 2 is 2.07 bits per heavy atom. The summed E-state index contributed by atoms with van der Waals surface area (Å²) in [6, 6.07) is 0.749. The molecule has 3 nitrogen and oxygen atoms in total. The van der Waals surface area contributed by atoms with Crippen molar-refractivity contribution in [3.8, 4) is 0 Å². The Hall–Kier alpha value is -0.570. The molecule has 0 aromatic carbocycles. The zero-order valence-corrected chi connectivity index (χ0v) is 9.67. The fourth-order valence-electron chi connectivity index (χ4n) is 3.09. The van der Waals surface area contributed by atoms with Crippen LogP contribution in [-0.2, 0) is 4.79 Å². The third kappa shape index (κ3) is 2.71. The van der Waals surface area contributed by atoms with Gasteiger partial charge in [0.05, 0.1) is 0 Å². The van der Waals surface area contributed by atoms with E-state index in [1.807, 2.05) is 0 Å². The quantitative estimate of drug-likeness (QED) is 0.747. The van der Waals surface area contributed by atoms with Crippen LogP contribution < -0.4 is 5.32 Å². The molecule has 0 bridgehead atoms. The molecule has 0 aliphatic carbocycles. The Morgan fingerprint density at radius 3 is 2.87 bits per heavy atom. The number of carbonyl (C=O) groups is 1. The van der Waals surface area contributed by atoms with Gasteiger partial charge in [-0.2, -0.15) is 0 Å². The van der Waals surface area contributed by atoms with Crippen LogP contribution in [-0.4, -0.2) is 36.5 Å². The van der Waals surface area contributed by atoms with E-state index in [0.29, 0.717) is 5.92 Å². The molecule has 1 N–H and O–H groups in total. The van der Waals surface area contributed by atoms with E-state index in [4.69, 9.17) is 0 Å². The minimum atomic E-state index is 0.114. The van der Waals surface area contributed by atoms with Crippen molar-refractivity contribution >= 4 is 5.91 Å². The first-order valence-electron chi connectivity index (χ1n) is 6.26. The minimum Gasteiger partial charge on any atom is -0.356 e. The normalized spacial score (nSPS) is 32.1. The van der Waals surface area contributed by atoms with Gasteiger partial charge in [0.25, 0.3) is 0 Å². The van der Waals surface area contributed by atoms with Crippen molar-refractivity contribution in [3.63, 3.8) is 0 Å². The Labute approximate surface area is 92.2 Å². The van der Waals surface area contributed by atoms with Crippen molar-refractivity contribution in [2.75, 3.05) is 19.6 Å². The first-order chi connectivity index (χ1) is 7.27. The number of hydrogen-bond donors (Lipinski definition) is 1. The monoisotopic (exact) mass is 210 g/mol. The summed E-state index contributed by atoms with van der Waals surface area (Å²) in [6.07, 6.45) is 6.67. The molecule has 86 valence electrons. The first-order valence-corrected chi connectivity index (χ1v) is 6.26. The topological polar surface area (TPSA) is 32.3 Å². The van der Waals surface area contributed by atoms with E-state index < -0.39 is 0 Å². The maximum atomic E-state index is 10.9. The van der Waals surface area contributed by atoms with Gasteiger partial charge in [0.1, 0.15) is 0 Å². The smallest absolute Gasteiger partial charge is 0.216 e. The molecule has 2 fully saturated rings. The van der Waals surface area contributed by atoms with E-state index in [0.717, 1.165) is 12.6 Å². The van der Waals surface area contributed by atoms with Crippen LogP contribution in [0.3, 0.4) is 0 Å². The van der Waals surface area contributed by atoms with Crippen LogP contribution in [0.2, 0.25) is 0 Å². The molecular weight excluding hydrogens is 188 g/mol. The van der Waals surface area contributed by atoms with Crippen LogP contribution in [0.1, 0.15) is 39.0 Å². The van der Waals surface area contributed by atoms with Crippen LogP contribution in [0.5, 0.6) is 0 Å². The number of fused-ring (bicyclic) bond motifs is 1. The second-order valence-corrected chi connectivity index (χ2v) is 4.94. The summed E-state index contributed by atoms with van der Waals surface area (Å²) in [6.45, 7) is 5.06. The summed E-state index contributed by atoms with van der Waals surface area (Å²) in [7, 11) is 0. The highest BCUT2D eigenvalue weighted by molar-refractivity contribution is 5.72. The maximum Gasteiger partial charge on any atom is 0.216 e. The third-order valence-electron chi connectivity index (χ3n) is 3.84. The maximum absolute atomic E-state index is 10.9. The van der Waals surface area contributed by atoms with Gasteiger partial charge in [0.2, 0.25) is 5.91 Å². The molecule has 2 aliphatic heterocycles. The summed E-state index contributed by atoms with van der Waals surface area (Å²) in [5.41, 5.74) is 0. The van der Waals surface area contributed by atoms with Gasteiger partial charge in [-0.25, -0.2) is 0 Å². The lowest BCUT2D eigenvalue weighted by atomic mass is 9.83. The third-order valence-corrected chi connectivity index (χ3v) is 3.84. The zero-order valence-electron chi connectivity index (χ0n) is 9.67. The lowest BCUT2D eigenvalue weighted by Gasteiger charge is -2.44. The van der Waals surface area contributed by atoms with Crippen LogP contribution >= 0.6 is 0 Å². The highest BCUT2D eigenvalue weighted by Crippen LogP contribution is 2.30. The van der Waals surface area contributed by atoms with E-state index in [-0.39, 0.29) is 5.91 Å². The summed E-state index contributed by atoms with van der Waals surface area (Å²) in [5, 5.41) is 2.98. The number of piperidine rings is 2. The Balaban J connectivity index is 1.88. The molecule has 0 unspecified atom stereocenters. The van der Waals surface area contributed by atoms with Gasteiger partial charge in [-0.3, -0.25) is 4.79 Å². The van der Waals surface area contributed by atoms with Gasteiger partial charge in [-0.1, -0.05) is 6.42 Å². The number of hydrogen-bond acceptors (Lipinski definition) is 2. The molecule has 15 heavy (non-hydrogen) atoms. The van der Waals surface area contributed by atoms with Gasteiger partial charge < -0.3 is 10.2 Å². The first kappa shape index (κ1) is 10.9. The van der Waals surface area contributed by atoms with E-state index >= 15 is 0 Å². The molecule has 2 atom stereocenters. The number of nitrogens with one attached hydrogen (secondary N) is 1. The van der Waals surface area contributed by atoms with Crippen molar-refractivity contribution in [1.29, 1.82) is 0 Å². The molecule has 2 heterocycles. The summed E-state index contributed by atoms with van der Waals surface area (Å²) in [5.74, 6) is 0.811. The zero-order chi connectivity index (χ0) is 10.7. The molecular formula is C12H22N2O. The SMILES string of the molecule is CC(=O)NC[C@H]1CCCN2CCCC[C@@H]12. The highest BCUT2D eigenvalue weighted by atomic mass is 16.1. The van der Waals surface area contributed by atoms with E-state index in [1.54, 1.807) is 6.92 Å². The summed E-state index contributed by atoms with van der Waals surface area (Å²) in [4.78, 5) is 13.6. The fourth-order valence-corrected chi connectivity index (χ4v) is 3.09. The number of nitrogens with zero attached hydrogens (tertiary/aromatic N) is 1. The molecule has 0 aromatic rings. The molecule has 0 aromatic heterocycles. The van der Waals surface area contributed by atoms with Gasteiger partial charge in [0.15, 0.2) is 0 Å². The predicted octanol–water partition coefficient (Wildman–Crippen LogP) is 1.39. The molecule has 2 saturated heterocycles. The molecule has 2 aliphatic rings. The fraction of sp³-hybridized carbons (Fsp3) is 0.917. The number of carbonyl (C=O) groups excluding carboxylic acids is 1. The van der Waals surface area contributed by atoms with Gasteiger partial charge >= 0.3 is 0 Å². The lowest BCUT2D eigenvalue weighted by Crippen LogP contribution is -2.50. The van der Waals surface area contributed by atoms with Crippen molar-refractivity contribution in [3.05, 3.63) is 0 Å². The average molecular weight is 210 g/mol. The molecule has 1 amide bonds. The molecule has 0 saturated carbocycles. The van der Waals surface area contributed by atoms with Gasteiger partial charge in [-0.15, -0.1) is 0 Å². The number of amides is 1. The predicted molar refractivity (Wildman–Crippen MR) is 60.6 cm³/mol. The van der Waals surface area contributed by atoms with Crippen molar-refractivity contribution in [2.24, 2.45) is 5.92 Å². The van der Waals surface area contributed by atoms with Crippen LogP contribution in [0.15, 0.2) is 0 Å².